The molecule has 0 bridgehead atoms. The number of rotatable bonds is 3. The SMILES string of the molecule is NC(=O)c1ccc(-c2ccccc2)c(-c2ccc3ccccc3c2)c1. The highest BCUT2D eigenvalue weighted by Crippen LogP contribution is 2.34. The minimum atomic E-state index is -0.415. The molecular weight excluding hydrogens is 306 g/mol. The van der Waals surface area contributed by atoms with Gasteiger partial charge >= 0.3 is 0 Å². The first-order chi connectivity index (χ1) is 12.2. The number of carbonyl (C=O) groups is 1. The number of nitrogens with two attached hydrogens (primary N) is 1. The first-order valence-electron chi connectivity index (χ1n) is 8.21. The Balaban J connectivity index is 1.96. The summed E-state index contributed by atoms with van der Waals surface area (Å²) in [6.07, 6.45) is 0. The van der Waals surface area contributed by atoms with Crippen molar-refractivity contribution in [2.75, 3.05) is 0 Å². The molecule has 0 atom stereocenters. The first-order valence-corrected chi connectivity index (χ1v) is 8.21. The summed E-state index contributed by atoms with van der Waals surface area (Å²) in [6.45, 7) is 0. The zero-order chi connectivity index (χ0) is 17.2. The van der Waals surface area contributed by atoms with Crippen LogP contribution in [0.2, 0.25) is 0 Å². The van der Waals surface area contributed by atoms with Gasteiger partial charge in [0.2, 0.25) is 5.91 Å². The second-order valence-electron chi connectivity index (χ2n) is 6.05. The average Bonchev–Trinajstić information content (AvgIpc) is 2.68. The van der Waals surface area contributed by atoms with Gasteiger partial charge in [0.25, 0.3) is 0 Å². The van der Waals surface area contributed by atoms with Gasteiger partial charge in [0.1, 0.15) is 0 Å². The van der Waals surface area contributed by atoms with Gasteiger partial charge in [0.05, 0.1) is 0 Å². The van der Waals surface area contributed by atoms with E-state index in [2.05, 4.69) is 42.5 Å². The molecule has 0 unspecified atom stereocenters. The summed E-state index contributed by atoms with van der Waals surface area (Å²) >= 11 is 0. The fourth-order valence-corrected chi connectivity index (χ4v) is 3.16. The van der Waals surface area contributed by atoms with Crippen molar-refractivity contribution in [3.63, 3.8) is 0 Å². The lowest BCUT2D eigenvalue weighted by molar-refractivity contribution is 0.100. The molecule has 2 N–H and O–H groups in total. The van der Waals surface area contributed by atoms with Crippen molar-refractivity contribution in [3.05, 3.63) is 96.6 Å². The smallest absolute Gasteiger partial charge is 0.248 e. The van der Waals surface area contributed by atoms with Crippen LogP contribution in [0.4, 0.5) is 0 Å². The standard InChI is InChI=1S/C23H17NO/c24-23(25)20-12-13-21(17-7-2-1-3-8-17)22(15-20)19-11-10-16-6-4-5-9-18(16)14-19/h1-15H,(H2,24,25). The summed E-state index contributed by atoms with van der Waals surface area (Å²) < 4.78 is 0. The molecule has 0 aliphatic rings. The van der Waals surface area contributed by atoms with E-state index in [1.165, 1.54) is 10.8 Å². The maximum absolute atomic E-state index is 11.7. The van der Waals surface area contributed by atoms with Crippen molar-refractivity contribution < 1.29 is 4.79 Å². The lowest BCUT2D eigenvalue weighted by Gasteiger charge is -2.12. The summed E-state index contributed by atoms with van der Waals surface area (Å²) in [5.41, 5.74) is 10.3. The zero-order valence-electron chi connectivity index (χ0n) is 13.6. The fraction of sp³-hybridized carbons (Fsp3) is 0. The van der Waals surface area contributed by atoms with Crippen molar-refractivity contribution in [3.8, 4) is 22.3 Å². The Hall–Kier alpha value is -3.39. The van der Waals surface area contributed by atoms with Gasteiger partial charge in [-0.3, -0.25) is 4.79 Å². The first kappa shape index (κ1) is 15.2. The maximum atomic E-state index is 11.7. The number of amides is 1. The Morgan fingerprint density at radius 1 is 0.600 bits per heavy atom. The van der Waals surface area contributed by atoms with Crippen LogP contribution in [0.25, 0.3) is 33.0 Å². The van der Waals surface area contributed by atoms with E-state index in [1.54, 1.807) is 6.07 Å². The van der Waals surface area contributed by atoms with Gasteiger partial charge in [0, 0.05) is 5.56 Å². The summed E-state index contributed by atoms with van der Waals surface area (Å²) in [7, 11) is 0. The molecule has 0 fully saturated rings. The molecule has 1 amide bonds. The van der Waals surface area contributed by atoms with E-state index >= 15 is 0 Å². The molecule has 2 nitrogen and oxygen atoms in total. The van der Waals surface area contributed by atoms with Gasteiger partial charge in [-0.2, -0.15) is 0 Å². The molecule has 0 aromatic heterocycles. The summed E-state index contributed by atoms with van der Waals surface area (Å²) in [5.74, 6) is -0.415. The molecule has 0 spiro atoms. The number of benzene rings is 4. The Morgan fingerprint density at radius 2 is 1.32 bits per heavy atom. The third-order valence-corrected chi connectivity index (χ3v) is 4.45. The highest BCUT2D eigenvalue weighted by molar-refractivity contribution is 5.98. The molecule has 2 heteroatoms. The molecule has 4 aromatic carbocycles. The molecule has 4 rings (SSSR count). The van der Waals surface area contributed by atoms with Gasteiger partial charge in [-0.1, -0.05) is 72.8 Å². The van der Waals surface area contributed by atoms with Crippen LogP contribution in [0.5, 0.6) is 0 Å². The quantitative estimate of drug-likeness (QED) is 0.548. The zero-order valence-corrected chi connectivity index (χ0v) is 13.6. The molecule has 120 valence electrons. The van der Waals surface area contributed by atoms with Crippen LogP contribution in [0.1, 0.15) is 10.4 Å². The fourth-order valence-electron chi connectivity index (χ4n) is 3.16. The van der Waals surface area contributed by atoms with E-state index in [9.17, 15) is 4.79 Å². The largest absolute Gasteiger partial charge is 0.366 e. The van der Waals surface area contributed by atoms with Crippen LogP contribution in [-0.4, -0.2) is 5.91 Å². The van der Waals surface area contributed by atoms with Crippen molar-refractivity contribution in [2.24, 2.45) is 5.73 Å². The molecule has 25 heavy (non-hydrogen) atoms. The second kappa shape index (κ2) is 6.25. The minimum absolute atomic E-state index is 0.415. The molecule has 0 saturated carbocycles. The molecule has 0 aliphatic carbocycles. The normalized spacial score (nSPS) is 10.7. The second-order valence-corrected chi connectivity index (χ2v) is 6.05. The number of carbonyl (C=O) groups excluding carboxylic acids is 1. The van der Waals surface area contributed by atoms with Crippen molar-refractivity contribution in [2.45, 2.75) is 0 Å². The van der Waals surface area contributed by atoms with Crippen LogP contribution < -0.4 is 5.73 Å². The van der Waals surface area contributed by atoms with E-state index in [4.69, 9.17) is 5.73 Å². The molecule has 4 aromatic rings. The molecule has 0 aliphatic heterocycles. The van der Waals surface area contributed by atoms with Gasteiger partial charge in [-0.05, 0) is 51.2 Å². The Kier molecular flexibility index (Phi) is 3.79. The summed E-state index contributed by atoms with van der Waals surface area (Å²) in [6, 6.07) is 30.4. The van der Waals surface area contributed by atoms with Crippen molar-refractivity contribution >= 4 is 16.7 Å². The maximum Gasteiger partial charge on any atom is 0.248 e. The van der Waals surface area contributed by atoms with Crippen molar-refractivity contribution in [1.82, 2.24) is 0 Å². The van der Waals surface area contributed by atoms with Crippen LogP contribution in [0.3, 0.4) is 0 Å². The van der Waals surface area contributed by atoms with Gasteiger partial charge in [-0.25, -0.2) is 0 Å². The highest BCUT2D eigenvalue weighted by Gasteiger charge is 2.11. The van der Waals surface area contributed by atoms with Crippen LogP contribution in [0.15, 0.2) is 91.0 Å². The Labute approximate surface area is 146 Å². The summed E-state index contributed by atoms with van der Waals surface area (Å²) in [4.78, 5) is 11.7. The monoisotopic (exact) mass is 323 g/mol. The molecule has 0 saturated heterocycles. The number of hydrogen-bond acceptors (Lipinski definition) is 1. The number of primary amides is 1. The molecule has 0 heterocycles. The molecule has 0 radical (unpaired) electrons. The Bertz CT molecular complexity index is 1070. The van der Waals surface area contributed by atoms with E-state index < -0.39 is 5.91 Å². The van der Waals surface area contributed by atoms with E-state index in [0.717, 1.165) is 22.3 Å². The lowest BCUT2D eigenvalue weighted by Crippen LogP contribution is -2.10. The highest BCUT2D eigenvalue weighted by atomic mass is 16.1. The topological polar surface area (TPSA) is 43.1 Å². The van der Waals surface area contributed by atoms with E-state index in [-0.39, 0.29) is 0 Å². The van der Waals surface area contributed by atoms with Gasteiger partial charge < -0.3 is 5.73 Å². The van der Waals surface area contributed by atoms with E-state index in [1.807, 2.05) is 42.5 Å². The van der Waals surface area contributed by atoms with Crippen LogP contribution in [-0.2, 0) is 0 Å². The minimum Gasteiger partial charge on any atom is -0.366 e. The van der Waals surface area contributed by atoms with Gasteiger partial charge in [-0.15, -0.1) is 0 Å². The number of hydrogen-bond donors (Lipinski definition) is 1. The predicted octanol–water partition coefficient (Wildman–Crippen LogP) is 5.27. The third kappa shape index (κ3) is 2.90. The van der Waals surface area contributed by atoms with Crippen LogP contribution >= 0.6 is 0 Å². The third-order valence-electron chi connectivity index (χ3n) is 4.45. The lowest BCUT2D eigenvalue weighted by atomic mass is 9.91. The van der Waals surface area contributed by atoms with Crippen molar-refractivity contribution in [1.29, 1.82) is 0 Å². The Morgan fingerprint density at radius 3 is 2.08 bits per heavy atom. The van der Waals surface area contributed by atoms with E-state index in [0.29, 0.717) is 5.56 Å². The predicted molar refractivity (Wildman–Crippen MR) is 103 cm³/mol. The average molecular weight is 323 g/mol. The van der Waals surface area contributed by atoms with Crippen LogP contribution in [0, 0.1) is 0 Å². The summed E-state index contributed by atoms with van der Waals surface area (Å²) in [5, 5.41) is 2.36. The number of fused-ring (bicyclic) bond motifs is 1. The molecular formula is C23H17NO. The van der Waals surface area contributed by atoms with Gasteiger partial charge in [0.15, 0.2) is 0 Å².